The smallest absolute Gasteiger partial charge is 0.196 e. The molecule has 0 amide bonds. The Morgan fingerprint density at radius 1 is 0.558 bits per heavy atom. The lowest BCUT2D eigenvalue weighted by Crippen LogP contribution is -2.39. The molecule has 0 fully saturated rings. The van der Waals surface area contributed by atoms with E-state index in [1.807, 2.05) is 77.8 Å². The fourth-order valence-electron chi connectivity index (χ4n) is 8.76. The van der Waals surface area contributed by atoms with E-state index in [2.05, 4.69) is 23.5 Å². The molecule has 2 atom stereocenters. The third-order valence-corrected chi connectivity index (χ3v) is 11.1. The van der Waals surface area contributed by atoms with Crippen molar-refractivity contribution in [2.75, 3.05) is 10.3 Å². The van der Waals surface area contributed by atoms with Gasteiger partial charge in [0.05, 0.1) is 34.6 Å². The van der Waals surface area contributed by atoms with E-state index in [0.717, 1.165) is 44.4 Å². The number of rotatable bonds is 3. The minimum absolute atomic E-state index is 0.0429. The van der Waals surface area contributed by atoms with Gasteiger partial charge < -0.3 is 5.32 Å². The quantitative estimate of drug-likeness (QED) is 0.203. The largest absolute Gasteiger partial charge is 0.355 e. The Hall–Kier alpha value is -6.99. The Kier molecular flexibility index (Phi) is 5.69. The highest BCUT2D eigenvalue weighted by atomic mass is 16.1. The van der Waals surface area contributed by atoms with Crippen LogP contribution in [0.3, 0.4) is 0 Å². The second-order valence-corrected chi connectivity index (χ2v) is 13.7. The summed E-state index contributed by atoms with van der Waals surface area (Å²) in [5.41, 5.74) is 9.53. The zero-order chi connectivity index (χ0) is 34.8. The number of allylic oxidation sites excluding steroid dienone is 2. The number of hydrazone groups is 1. The van der Waals surface area contributed by atoms with Gasteiger partial charge in [-0.25, -0.2) is 0 Å². The first-order valence-corrected chi connectivity index (χ1v) is 17.2. The van der Waals surface area contributed by atoms with Crippen LogP contribution in [0.5, 0.6) is 0 Å². The molecule has 52 heavy (non-hydrogen) atoms. The molecule has 0 bridgehead atoms. The van der Waals surface area contributed by atoms with Gasteiger partial charge in [0.25, 0.3) is 0 Å². The van der Waals surface area contributed by atoms with Crippen LogP contribution >= 0.6 is 0 Å². The topological polar surface area (TPSA) is 95.9 Å². The van der Waals surface area contributed by atoms with Crippen molar-refractivity contribution < 1.29 is 19.2 Å². The number of ketones is 4. The maximum Gasteiger partial charge on any atom is 0.196 e. The molecule has 7 nitrogen and oxygen atoms in total. The van der Waals surface area contributed by atoms with Crippen molar-refractivity contribution in [3.8, 4) is 11.1 Å². The highest BCUT2D eigenvalue weighted by molar-refractivity contribution is 6.31. The molecule has 6 aromatic carbocycles. The van der Waals surface area contributed by atoms with Gasteiger partial charge in [0.15, 0.2) is 23.1 Å². The van der Waals surface area contributed by atoms with Crippen LogP contribution in [0.2, 0.25) is 0 Å². The molecule has 0 aromatic heterocycles. The predicted molar refractivity (Wildman–Crippen MR) is 200 cm³/mol. The molecule has 0 radical (unpaired) electrons. The summed E-state index contributed by atoms with van der Waals surface area (Å²) in [6.45, 7) is 0. The number of fused-ring (bicyclic) bond motifs is 6. The van der Waals surface area contributed by atoms with Gasteiger partial charge in [-0.15, -0.1) is 0 Å². The Morgan fingerprint density at radius 2 is 1.23 bits per heavy atom. The molecule has 244 valence electrons. The highest BCUT2D eigenvalue weighted by Crippen LogP contribution is 2.48. The van der Waals surface area contributed by atoms with Crippen molar-refractivity contribution in [2.24, 2.45) is 11.0 Å². The standard InChI is InChI=1S/C45H25N3O4/c49-42-27-9-2-1-8-26(27)41-40-33(42)15-7-17-37(40)48(47-41)36-21-20-25-24-19-18-23(22-34(24)44(51)31-13-5-12-30(36)38(25)31)46-35-16-6-14-32-39(35)45(52)29-11-4-3-10-28(29)43(32)50/h1-22,37,40,46H. The van der Waals surface area contributed by atoms with E-state index in [4.69, 9.17) is 5.10 Å². The van der Waals surface area contributed by atoms with Gasteiger partial charge in [-0.2, -0.15) is 5.10 Å². The maximum atomic E-state index is 14.3. The van der Waals surface area contributed by atoms with Crippen molar-refractivity contribution in [1.29, 1.82) is 0 Å². The molecule has 1 aliphatic heterocycles. The monoisotopic (exact) mass is 671 g/mol. The summed E-state index contributed by atoms with van der Waals surface area (Å²) in [5.74, 6) is -0.640. The molecule has 6 aromatic rings. The minimum atomic E-state index is -0.215. The number of hydrogen-bond donors (Lipinski definition) is 1. The second-order valence-electron chi connectivity index (χ2n) is 13.7. The highest BCUT2D eigenvalue weighted by Gasteiger charge is 2.47. The van der Waals surface area contributed by atoms with Crippen LogP contribution in [0.1, 0.15) is 63.7 Å². The molecular formula is C45H25N3O4. The van der Waals surface area contributed by atoms with Gasteiger partial charge in [0, 0.05) is 61.0 Å². The van der Waals surface area contributed by atoms with Crippen LogP contribution in [0.4, 0.5) is 17.1 Å². The number of hydrogen-bond acceptors (Lipinski definition) is 7. The zero-order valence-corrected chi connectivity index (χ0v) is 27.4. The lowest BCUT2D eigenvalue weighted by atomic mass is 9.73. The SMILES string of the molecule is O=C1C2=CC=CC3C2C(=NN3c2ccc3c4c(cccc24)C(=O)c2cc(Nc4cccc5c4C(=O)c4ccccc4C5=O)ccc2-3)c2ccccc21. The first-order valence-electron chi connectivity index (χ1n) is 17.2. The third-order valence-electron chi connectivity index (χ3n) is 11.1. The normalized spacial score (nSPS) is 18.7. The van der Waals surface area contributed by atoms with Crippen LogP contribution < -0.4 is 10.3 Å². The summed E-state index contributed by atoms with van der Waals surface area (Å²) in [6, 6.07) is 35.2. The average molecular weight is 672 g/mol. The van der Waals surface area contributed by atoms with E-state index in [1.165, 1.54) is 0 Å². The molecular weight excluding hydrogens is 647 g/mol. The van der Waals surface area contributed by atoms with Crippen LogP contribution in [0, 0.1) is 5.92 Å². The van der Waals surface area contributed by atoms with Gasteiger partial charge in [-0.1, -0.05) is 109 Å². The third kappa shape index (κ3) is 3.71. The molecule has 2 unspecified atom stereocenters. The van der Waals surface area contributed by atoms with Crippen LogP contribution in [0.15, 0.2) is 144 Å². The molecule has 11 rings (SSSR count). The van der Waals surface area contributed by atoms with Gasteiger partial charge in [-0.3, -0.25) is 24.2 Å². The summed E-state index contributed by atoms with van der Waals surface area (Å²) in [4.78, 5) is 54.8. The molecule has 1 N–H and O–H groups in total. The average Bonchev–Trinajstić information content (AvgIpc) is 3.58. The first kappa shape index (κ1) is 28.8. The van der Waals surface area contributed by atoms with Crippen LogP contribution in [0.25, 0.3) is 21.9 Å². The molecule has 7 heteroatoms. The number of nitrogens with zero attached hydrogens (tertiary/aromatic N) is 2. The van der Waals surface area contributed by atoms with Gasteiger partial charge in [-0.05, 0) is 35.4 Å². The molecule has 1 heterocycles. The second kappa shape index (κ2) is 10.3. The van der Waals surface area contributed by atoms with E-state index in [0.29, 0.717) is 50.3 Å². The summed E-state index contributed by atoms with van der Waals surface area (Å²) in [6.07, 6.45) is 5.96. The number of nitrogens with one attached hydrogen (secondary N) is 1. The predicted octanol–water partition coefficient (Wildman–Crippen LogP) is 8.47. The van der Waals surface area contributed by atoms with Crippen LogP contribution in [-0.4, -0.2) is 34.9 Å². The van der Waals surface area contributed by atoms with Gasteiger partial charge in [0.2, 0.25) is 0 Å². The number of Topliss-reactive ketones (excluding diaryl/α,β-unsaturated/α-hetero) is 1. The number of carbonyl (C=O) groups excluding carboxylic acids is 4. The van der Waals surface area contributed by atoms with Crippen molar-refractivity contribution in [2.45, 2.75) is 6.04 Å². The molecule has 5 aliphatic rings. The molecule has 0 saturated heterocycles. The zero-order valence-electron chi connectivity index (χ0n) is 27.4. The van der Waals surface area contributed by atoms with E-state index >= 15 is 0 Å². The van der Waals surface area contributed by atoms with Crippen molar-refractivity contribution in [3.63, 3.8) is 0 Å². The number of anilines is 3. The van der Waals surface area contributed by atoms with E-state index in [9.17, 15) is 19.2 Å². The van der Waals surface area contributed by atoms with Gasteiger partial charge in [0.1, 0.15) is 0 Å². The lowest BCUT2D eigenvalue weighted by Gasteiger charge is -2.32. The molecule has 0 spiro atoms. The van der Waals surface area contributed by atoms with E-state index in [1.54, 1.807) is 42.5 Å². The first-order chi connectivity index (χ1) is 25.5. The van der Waals surface area contributed by atoms with Gasteiger partial charge >= 0.3 is 0 Å². The minimum Gasteiger partial charge on any atom is -0.355 e. The summed E-state index contributed by atoms with van der Waals surface area (Å²) < 4.78 is 0. The van der Waals surface area contributed by atoms with Crippen molar-refractivity contribution in [1.82, 2.24) is 0 Å². The summed E-state index contributed by atoms with van der Waals surface area (Å²) in [7, 11) is 0. The van der Waals surface area contributed by atoms with E-state index in [-0.39, 0.29) is 35.1 Å². The number of carbonyl (C=O) groups is 4. The molecule has 0 saturated carbocycles. The van der Waals surface area contributed by atoms with Crippen molar-refractivity contribution >= 4 is 56.7 Å². The Morgan fingerprint density at radius 3 is 2.06 bits per heavy atom. The van der Waals surface area contributed by atoms with E-state index < -0.39 is 0 Å². The fourth-order valence-corrected chi connectivity index (χ4v) is 8.76. The lowest BCUT2D eigenvalue weighted by molar-refractivity contribution is 0.0979. The van der Waals surface area contributed by atoms with Crippen LogP contribution in [-0.2, 0) is 0 Å². The Balaban J connectivity index is 0.998. The Bertz CT molecular complexity index is 2820. The summed E-state index contributed by atoms with van der Waals surface area (Å²) in [5, 5.41) is 12.3. The van der Waals surface area contributed by atoms with Crippen molar-refractivity contribution in [3.05, 3.63) is 184 Å². The fraction of sp³-hybridized carbons (Fsp3) is 0.0444. The maximum absolute atomic E-state index is 14.3. The summed E-state index contributed by atoms with van der Waals surface area (Å²) >= 11 is 0. The number of benzene rings is 6. The molecule has 4 aliphatic carbocycles. The Labute approximate surface area is 297 Å².